The minimum atomic E-state index is -3.69. The second-order valence-corrected chi connectivity index (χ2v) is 9.35. The molecule has 2 rings (SSSR count). The van der Waals surface area contributed by atoms with Crippen molar-refractivity contribution >= 4 is 54.8 Å². The Morgan fingerprint density at radius 2 is 1.73 bits per heavy atom. The first-order valence-corrected chi connectivity index (χ1v) is 10.2. The van der Waals surface area contributed by atoms with Crippen molar-refractivity contribution in [3.05, 3.63) is 51.5 Å². The second-order valence-electron chi connectivity index (χ2n) is 5.94. The minimum Gasteiger partial charge on any atom is -0.376 e. The molecule has 140 valence electrons. The van der Waals surface area contributed by atoms with Gasteiger partial charge in [0.25, 0.3) is 5.91 Å². The number of anilines is 2. The van der Waals surface area contributed by atoms with Gasteiger partial charge in [0.2, 0.25) is 10.0 Å². The van der Waals surface area contributed by atoms with Gasteiger partial charge in [-0.1, -0.05) is 11.6 Å². The average Bonchev–Trinajstić information content (AvgIpc) is 2.54. The molecule has 0 aromatic heterocycles. The standard InChI is InChI=1S/C17H19BrClN3O3S/c1-21(2)15-8-6-12(19)10-14(15)20-17(23)11-5-7-13(18)16(9-11)26(24,25)22(3)4/h5-10H,1-4H3,(H,20,23). The van der Waals surface area contributed by atoms with E-state index in [4.69, 9.17) is 11.6 Å². The fourth-order valence-electron chi connectivity index (χ4n) is 2.23. The van der Waals surface area contributed by atoms with Gasteiger partial charge in [-0.3, -0.25) is 4.79 Å². The van der Waals surface area contributed by atoms with Crippen LogP contribution >= 0.6 is 27.5 Å². The first kappa shape index (κ1) is 20.7. The summed E-state index contributed by atoms with van der Waals surface area (Å²) in [4.78, 5) is 14.5. The largest absolute Gasteiger partial charge is 0.376 e. The topological polar surface area (TPSA) is 69.7 Å². The Labute approximate surface area is 166 Å². The van der Waals surface area contributed by atoms with Gasteiger partial charge < -0.3 is 10.2 Å². The third-order valence-corrected chi connectivity index (χ3v) is 6.68. The zero-order valence-electron chi connectivity index (χ0n) is 14.7. The fraction of sp³-hybridized carbons (Fsp3) is 0.235. The third kappa shape index (κ3) is 4.37. The number of amides is 1. The van der Waals surface area contributed by atoms with E-state index in [1.807, 2.05) is 19.0 Å². The molecule has 9 heteroatoms. The highest BCUT2D eigenvalue weighted by Gasteiger charge is 2.22. The zero-order valence-corrected chi connectivity index (χ0v) is 17.9. The van der Waals surface area contributed by atoms with Crippen LogP contribution in [0.15, 0.2) is 45.8 Å². The number of nitrogens with zero attached hydrogens (tertiary/aromatic N) is 2. The summed E-state index contributed by atoms with van der Waals surface area (Å²) < 4.78 is 26.3. The summed E-state index contributed by atoms with van der Waals surface area (Å²) in [5.74, 6) is -0.432. The lowest BCUT2D eigenvalue weighted by atomic mass is 10.2. The summed E-state index contributed by atoms with van der Waals surface area (Å²) in [6, 6.07) is 9.60. The summed E-state index contributed by atoms with van der Waals surface area (Å²) in [6.07, 6.45) is 0. The number of sulfonamides is 1. The van der Waals surface area contributed by atoms with Crippen LogP contribution in [0.5, 0.6) is 0 Å². The van der Waals surface area contributed by atoms with Crippen molar-refractivity contribution < 1.29 is 13.2 Å². The van der Waals surface area contributed by atoms with Gasteiger partial charge in [-0.25, -0.2) is 12.7 Å². The second kappa shape index (κ2) is 7.96. The molecule has 26 heavy (non-hydrogen) atoms. The molecule has 0 aliphatic carbocycles. The maximum Gasteiger partial charge on any atom is 0.255 e. The van der Waals surface area contributed by atoms with Crippen LogP contribution in [0.2, 0.25) is 5.02 Å². The van der Waals surface area contributed by atoms with Crippen molar-refractivity contribution in [2.75, 3.05) is 38.4 Å². The molecule has 1 N–H and O–H groups in total. The van der Waals surface area contributed by atoms with E-state index in [0.29, 0.717) is 15.2 Å². The van der Waals surface area contributed by atoms with Crippen LogP contribution in [0.4, 0.5) is 11.4 Å². The van der Waals surface area contributed by atoms with Crippen LogP contribution in [-0.2, 0) is 10.0 Å². The summed E-state index contributed by atoms with van der Waals surface area (Å²) in [5, 5.41) is 3.27. The molecule has 0 aliphatic rings. The summed E-state index contributed by atoms with van der Waals surface area (Å²) >= 11 is 9.26. The van der Waals surface area contributed by atoms with Gasteiger partial charge in [0.15, 0.2) is 0 Å². The van der Waals surface area contributed by atoms with E-state index < -0.39 is 15.9 Å². The molecule has 0 bridgehead atoms. The van der Waals surface area contributed by atoms with E-state index in [1.165, 1.54) is 26.2 Å². The van der Waals surface area contributed by atoms with Crippen molar-refractivity contribution in [2.24, 2.45) is 0 Å². The molecule has 0 spiro atoms. The Hall–Kier alpha value is -1.61. The molecule has 0 heterocycles. The molecule has 0 atom stereocenters. The predicted molar refractivity (Wildman–Crippen MR) is 109 cm³/mol. The van der Waals surface area contributed by atoms with Crippen molar-refractivity contribution in [3.63, 3.8) is 0 Å². The summed E-state index contributed by atoms with van der Waals surface area (Å²) in [6.45, 7) is 0. The quantitative estimate of drug-likeness (QED) is 0.739. The summed E-state index contributed by atoms with van der Waals surface area (Å²) in [7, 11) is 2.88. The highest BCUT2D eigenvalue weighted by atomic mass is 79.9. The fourth-order valence-corrected chi connectivity index (χ4v) is 4.25. The smallest absolute Gasteiger partial charge is 0.255 e. The van der Waals surface area contributed by atoms with E-state index in [2.05, 4.69) is 21.2 Å². The number of halogens is 2. The number of hydrogen-bond acceptors (Lipinski definition) is 4. The lowest BCUT2D eigenvalue weighted by Gasteiger charge is -2.18. The number of nitrogens with one attached hydrogen (secondary N) is 1. The van der Waals surface area contributed by atoms with E-state index in [1.54, 1.807) is 24.3 Å². The molecule has 0 aliphatic heterocycles. The first-order chi connectivity index (χ1) is 12.0. The minimum absolute atomic E-state index is 0.0223. The molecule has 6 nitrogen and oxygen atoms in total. The normalized spacial score (nSPS) is 11.5. The lowest BCUT2D eigenvalue weighted by Crippen LogP contribution is -2.23. The van der Waals surface area contributed by atoms with E-state index in [0.717, 1.165) is 9.99 Å². The van der Waals surface area contributed by atoms with Gasteiger partial charge in [0.1, 0.15) is 0 Å². The number of rotatable bonds is 5. The van der Waals surface area contributed by atoms with Crippen LogP contribution in [0.3, 0.4) is 0 Å². The Morgan fingerprint density at radius 3 is 2.31 bits per heavy atom. The van der Waals surface area contributed by atoms with Gasteiger partial charge in [-0.2, -0.15) is 0 Å². The molecule has 0 saturated carbocycles. The maximum atomic E-state index is 12.7. The third-order valence-electron chi connectivity index (χ3n) is 3.64. The molecule has 0 radical (unpaired) electrons. The number of benzene rings is 2. The van der Waals surface area contributed by atoms with Crippen LogP contribution in [-0.4, -0.2) is 46.8 Å². The van der Waals surface area contributed by atoms with Crippen molar-refractivity contribution in [1.29, 1.82) is 0 Å². The Kier molecular flexibility index (Phi) is 6.33. The first-order valence-electron chi connectivity index (χ1n) is 7.54. The van der Waals surface area contributed by atoms with E-state index in [9.17, 15) is 13.2 Å². The van der Waals surface area contributed by atoms with Gasteiger partial charge in [-0.15, -0.1) is 0 Å². The molecule has 2 aromatic carbocycles. The molecular weight excluding hydrogens is 442 g/mol. The number of carbonyl (C=O) groups is 1. The number of hydrogen-bond donors (Lipinski definition) is 1. The molecule has 0 saturated heterocycles. The van der Waals surface area contributed by atoms with Crippen molar-refractivity contribution in [1.82, 2.24) is 4.31 Å². The molecule has 2 aromatic rings. The van der Waals surface area contributed by atoms with Crippen molar-refractivity contribution in [3.8, 4) is 0 Å². The zero-order chi connectivity index (χ0) is 19.6. The van der Waals surface area contributed by atoms with E-state index in [-0.39, 0.29) is 10.5 Å². The van der Waals surface area contributed by atoms with Crippen LogP contribution in [0.1, 0.15) is 10.4 Å². The van der Waals surface area contributed by atoms with Gasteiger partial charge in [0, 0.05) is 43.2 Å². The summed E-state index contributed by atoms with van der Waals surface area (Å²) in [5.41, 5.74) is 1.53. The van der Waals surface area contributed by atoms with Crippen LogP contribution in [0.25, 0.3) is 0 Å². The van der Waals surface area contributed by atoms with Gasteiger partial charge in [0.05, 0.1) is 16.3 Å². The number of carbonyl (C=O) groups excluding carboxylic acids is 1. The SMILES string of the molecule is CN(C)c1ccc(Cl)cc1NC(=O)c1ccc(Br)c(S(=O)(=O)N(C)C)c1. The Balaban J connectivity index is 2.42. The maximum absolute atomic E-state index is 12.7. The van der Waals surface area contributed by atoms with Crippen LogP contribution in [0, 0.1) is 0 Å². The lowest BCUT2D eigenvalue weighted by molar-refractivity contribution is 0.102. The highest BCUT2D eigenvalue weighted by molar-refractivity contribution is 9.10. The Morgan fingerprint density at radius 1 is 1.08 bits per heavy atom. The monoisotopic (exact) mass is 459 g/mol. The average molecular weight is 461 g/mol. The highest BCUT2D eigenvalue weighted by Crippen LogP contribution is 2.29. The van der Waals surface area contributed by atoms with Crippen LogP contribution < -0.4 is 10.2 Å². The van der Waals surface area contributed by atoms with E-state index >= 15 is 0 Å². The predicted octanol–water partition coefficient (Wildman–Crippen LogP) is 3.67. The van der Waals surface area contributed by atoms with Crippen molar-refractivity contribution in [2.45, 2.75) is 4.90 Å². The Bertz CT molecular complexity index is 946. The molecule has 0 unspecified atom stereocenters. The molecule has 1 amide bonds. The van der Waals surface area contributed by atoms with Gasteiger partial charge >= 0.3 is 0 Å². The van der Waals surface area contributed by atoms with Gasteiger partial charge in [-0.05, 0) is 52.3 Å². The molecule has 0 fully saturated rings. The molecular formula is C17H19BrClN3O3S.